The Bertz CT molecular complexity index is 593. The SMILES string of the molecule is Cc1cc(C(=O)O)c(NC(=O)c2ccncc2)s1. The molecular weight excluding hydrogens is 252 g/mol. The zero-order valence-corrected chi connectivity index (χ0v) is 10.3. The first-order valence-electron chi connectivity index (χ1n) is 5.13. The summed E-state index contributed by atoms with van der Waals surface area (Å²) < 4.78 is 0. The third-order valence-electron chi connectivity index (χ3n) is 2.26. The van der Waals surface area contributed by atoms with Crippen LogP contribution in [-0.4, -0.2) is 22.0 Å². The molecular formula is C12H10N2O3S. The van der Waals surface area contributed by atoms with Crippen LogP contribution in [0.4, 0.5) is 5.00 Å². The van der Waals surface area contributed by atoms with Gasteiger partial charge in [0, 0.05) is 22.8 Å². The van der Waals surface area contributed by atoms with Gasteiger partial charge in [0.25, 0.3) is 5.91 Å². The average molecular weight is 262 g/mol. The molecule has 0 fully saturated rings. The molecule has 0 bridgehead atoms. The Morgan fingerprint density at radius 3 is 2.61 bits per heavy atom. The molecule has 2 aromatic rings. The van der Waals surface area contributed by atoms with Crippen LogP contribution in [0, 0.1) is 6.92 Å². The second kappa shape index (κ2) is 4.97. The highest BCUT2D eigenvalue weighted by Crippen LogP contribution is 2.27. The van der Waals surface area contributed by atoms with E-state index in [2.05, 4.69) is 10.3 Å². The first kappa shape index (κ1) is 12.3. The summed E-state index contributed by atoms with van der Waals surface area (Å²) in [4.78, 5) is 27.5. The molecule has 2 N–H and O–H groups in total. The van der Waals surface area contributed by atoms with Crippen molar-refractivity contribution in [1.82, 2.24) is 4.98 Å². The lowest BCUT2D eigenvalue weighted by molar-refractivity contribution is 0.0698. The summed E-state index contributed by atoms with van der Waals surface area (Å²) in [7, 11) is 0. The molecule has 5 nitrogen and oxygen atoms in total. The predicted molar refractivity (Wildman–Crippen MR) is 68.2 cm³/mol. The van der Waals surface area contributed by atoms with Gasteiger partial charge in [0.2, 0.25) is 0 Å². The van der Waals surface area contributed by atoms with E-state index in [9.17, 15) is 9.59 Å². The Morgan fingerprint density at radius 2 is 2.00 bits per heavy atom. The van der Waals surface area contributed by atoms with Crippen LogP contribution in [0.5, 0.6) is 0 Å². The smallest absolute Gasteiger partial charge is 0.338 e. The molecule has 2 heterocycles. The van der Waals surface area contributed by atoms with E-state index < -0.39 is 5.97 Å². The summed E-state index contributed by atoms with van der Waals surface area (Å²) in [6.45, 7) is 1.79. The van der Waals surface area contributed by atoms with Crippen molar-refractivity contribution in [2.75, 3.05) is 5.32 Å². The molecule has 0 aliphatic rings. The molecule has 92 valence electrons. The summed E-state index contributed by atoms with van der Waals surface area (Å²) >= 11 is 1.24. The minimum absolute atomic E-state index is 0.111. The van der Waals surface area contributed by atoms with Gasteiger partial charge in [0.05, 0.1) is 5.56 Å². The largest absolute Gasteiger partial charge is 0.478 e. The Morgan fingerprint density at radius 1 is 1.33 bits per heavy atom. The van der Waals surface area contributed by atoms with E-state index in [0.717, 1.165) is 4.88 Å². The van der Waals surface area contributed by atoms with Crippen molar-refractivity contribution < 1.29 is 14.7 Å². The molecule has 0 saturated heterocycles. The normalized spacial score (nSPS) is 10.1. The molecule has 1 amide bonds. The van der Waals surface area contributed by atoms with Gasteiger partial charge in [-0.2, -0.15) is 0 Å². The van der Waals surface area contributed by atoms with Gasteiger partial charge < -0.3 is 10.4 Å². The van der Waals surface area contributed by atoms with Gasteiger partial charge in [0.15, 0.2) is 0 Å². The molecule has 0 atom stereocenters. The second-order valence-electron chi connectivity index (χ2n) is 3.60. The van der Waals surface area contributed by atoms with Gasteiger partial charge in [-0.1, -0.05) is 0 Å². The van der Waals surface area contributed by atoms with E-state index in [0.29, 0.717) is 10.6 Å². The number of carboxylic acids is 1. The number of carbonyl (C=O) groups is 2. The zero-order valence-electron chi connectivity index (χ0n) is 9.51. The fraction of sp³-hybridized carbons (Fsp3) is 0.0833. The van der Waals surface area contributed by atoms with E-state index in [4.69, 9.17) is 5.11 Å². The van der Waals surface area contributed by atoms with Gasteiger partial charge in [-0.25, -0.2) is 4.79 Å². The quantitative estimate of drug-likeness (QED) is 0.890. The maximum absolute atomic E-state index is 11.9. The molecule has 0 aliphatic heterocycles. The van der Waals surface area contributed by atoms with Crippen LogP contribution in [0.1, 0.15) is 25.6 Å². The predicted octanol–water partition coefficient (Wildman–Crippen LogP) is 2.40. The summed E-state index contributed by atoms with van der Waals surface area (Å²) in [6.07, 6.45) is 3.01. The molecule has 2 aromatic heterocycles. The number of carbonyl (C=O) groups excluding carboxylic acids is 1. The molecule has 0 unspecified atom stereocenters. The topological polar surface area (TPSA) is 79.3 Å². The number of aromatic carboxylic acids is 1. The number of pyridine rings is 1. The van der Waals surface area contributed by atoms with Gasteiger partial charge in [0.1, 0.15) is 5.00 Å². The second-order valence-corrected chi connectivity index (χ2v) is 4.85. The fourth-order valence-corrected chi connectivity index (χ4v) is 2.34. The highest BCUT2D eigenvalue weighted by Gasteiger charge is 2.16. The van der Waals surface area contributed by atoms with Crippen molar-refractivity contribution in [3.63, 3.8) is 0 Å². The third-order valence-corrected chi connectivity index (χ3v) is 3.22. The standard InChI is InChI=1S/C12H10N2O3S/c1-7-6-9(12(16)17)11(18-7)14-10(15)8-2-4-13-5-3-8/h2-6H,1H3,(H,14,15)(H,16,17). The first-order valence-corrected chi connectivity index (χ1v) is 5.94. The molecule has 0 saturated carbocycles. The van der Waals surface area contributed by atoms with Gasteiger partial charge in [-0.05, 0) is 25.1 Å². The molecule has 18 heavy (non-hydrogen) atoms. The summed E-state index contributed by atoms with van der Waals surface area (Å²) in [6, 6.07) is 4.67. The van der Waals surface area contributed by atoms with E-state index in [1.54, 1.807) is 19.1 Å². The van der Waals surface area contributed by atoms with Gasteiger partial charge in [-0.3, -0.25) is 9.78 Å². The lowest BCUT2D eigenvalue weighted by Gasteiger charge is -2.03. The van der Waals surface area contributed by atoms with Crippen molar-refractivity contribution >= 4 is 28.2 Å². The Labute approximate surface area is 107 Å². The lowest BCUT2D eigenvalue weighted by Crippen LogP contribution is -2.13. The van der Waals surface area contributed by atoms with E-state index in [1.807, 2.05) is 0 Å². The molecule has 0 spiro atoms. The number of carboxylic acid groups (broad SMARTS) is 1. The van der Waals surface area contributed by atoms with Crippen molar-refractivity contribution in [3.8, 4) is 0 Å². The number of anilines is 1. The number of aryl methyl sites for hydroxylation is 1. The molecule has 0 aliphatic carbocycles. The van der Waals surface area contributed by atoms with Crippen LogP contribution in [0.25, 0.3) is 0 Å². The molecule has 0 aromatic carbocycles. The van der Waals surface area contributed by atoms with Gasteiger partial charge >= 0.3 is 5.97 Å². The van der Waals surface area contributed by atoms with E-state index in [1.165, 1.54) is 29.8 Å². The Kier molecular flexibility index (Phi) is 3.38. The zero-order chi connectivity index (χ0) is 13.1. The minimum Gasteiger partial charge on any atom is -0.478 e. The minimum atomic E-state index is -1.05. The van der Waals surface area contributed by atoms with E-state index >= 15 is 0 Å². The maximum atomic E-state index is 11.9. The number of rotatable bonds is 3. The van der Waals surface area contributed by atoms with Crippen molar-refractivity contribution in [1.29, 1.82) is 0 Å². The lowest BCUT2D eigenvalue weighted by atomic mass is 10.2. The molecule has 0 radical (unpaired) electrons. The Balaban J connectivity index is 2.25. The van der Waals surface area contributed by atoms with Crippen LogP contribution < -0.4 is 5.32 Å². The number of hydrogen-bond donors (Lipinski definition) is 2. The van der Waals surface area contributed by atoms with Crippen molar-refractivity contribution in [2.24, 2.45) is 0 Å². The highest BCUT2D eigenvalue weighted by atomic mass is 32.1. The van der Waals surface area contributed by atoms with Crippen LogP contribution >= 0.6 is 11.3 Å². The van der Waals surface area contributed by atoms with Crippen LogP contribution in [-0.2, 0) is 0 Å². The van der Waals surface area contributed by atoms with Crippen LogP contribution in [0.3, 0.4) is 0 Å². The number of amides is 1. The fourth-order valence-electron chi connectivity index (χ4n) is 1.44. The first-order chi connectivity index (χ1) is 8.58. The average Bonchev–Trinajstić information content (AvgIpc) is 2.71. The molecule has 6 heteroatoms. The number of nitrogens with one attached hydrogen (secondary N) is 1. The monoisotopic (exact) mass is 262 g/mol. The van der Waals surface area contributed by atoms with E-state index in [-0.39, 0.29) is 11.5 Å². The van der Waals surface area contributed by atoms with Crippen molar-refractivity contribution in [2.45, 2.75) is 6.92 Å². The number of aromatic nitrogens is 1. The number of thiophene rings is 1. The number of nitrogens with zero attached hydrogens (tertiary/aromatic N) is 1. The number of hydrogen-bond acceptors (Lipinski definition) is 4. The molecule has 2 rings (SSSR count). The highest BCUT2D eigenvalue weighted by molar-refractivity contribution is 7.16. The van der Waals surface area contributed by atoms with Crippen molar-refractivity contribution in [3.05, 3.63) is 46.6 Å². The van der Waals surface area contributed by atoms with Crippen LogP contribution in [0.2, 0.25) is 0 Å². The summed E-state index contributed by atoms with van der Waals surface area (Å²) in [5.74, 6) is -1.40. The third kappa shape index (κ3) is 2.54. The maximum Gasteiger partial charge on any atom is 0.338 e. The Hall–Kier alpha value is -2.21. The summed E-state index contributed by atoms with van der Waals surface area (Å²) in [5, 5.41) is 12.0. The van der Waals surface area contributed by atoms with Gasteiger partial charge in [-0.15, -0.1) is 11.3 Å². The van der Waals surface area contributed by atoms with Crippen LogP contribution in [0.15, 0.2) is 30.6 Å². The summed E-state index contributed by atoms with van der Waals surface area (Å²) in [5.41, 5.74) is 0.548.